The van der Waals surface area contributed by atoms with Crippen molar-refractivity contribution in [1.29, 1.82) is 0 Å². The third-order valence-corrected chi connectivity index (χ3v) is 2.33. The van der Waals surface area contributed by atoms with Crippen molar-refractivity contribution < 1.29 is 22.7 Å². The molecule has 0 aliphatic carbocycles. The molecular weight excluding hydrogens is 321 g/mol. The van der Waals surface area contributed by atoms with Gasteiger partial charge in [-0.05, 0) is 26.8 Å². The molecule has 0 aliphatic heterocycles. The molecule has 1 amide bonds. The number of alkyl halides is 3. The van der Waals surface area contributed by atoms with Gasteiger partial charge >= 0.3 is 12.3 Å². The number of pyridine rings is 1. The first-order valence-corrected chi connectivity index (χ1v) is 6.55. The van der Waals surface area contributed by atoms with E-state index in [0.717, 1.165) is 6.07 Å². The SMILES string of the molecule is CC(C)(C)OC(=O)NCC#Cc1cc(Cl)ncc1C(F)(F)F. The van der Waals surface area contributed by atoms with E-state index in [1.807, 2.05) is 0 Å². The minimum Gasteiger partial charge on any atom is -0.444 e. The van der Waals surface area contributed by atoms with Gasteiger partial charge in [-0.25, -0.2) is 9.78 Å². The minimum atomic E-state index is -4.58. The second kappa shape index (κ2) is 6.88. The summed E-state index contributed by atoms with van der Waals surface area (Å²) in [6.07, 6.45) is -4.67. The normalized spacial score (nSPS) is 11.4. The van der Waals surface area contributed by atoms with Gasteiger partial charge in [0.15, 0.2) is 0 Å². The Labute approximate surface area is 131 Å². The molecular formula is C14H14ClF3N2O2. The first-order chi connectivity index (χ1) is 9.99. The number of carbonyl (C=O) groups is 1. The molecule has 0 saturated carbocycles. The summed E-state index contributed by atoms with van der Waals surface area (Å²) < 4.78 is 43.2. The van der Waals surface area contributed by atoms with Gasteiger partial charge in [0, 0.05) is 11.8 Å². The van der Waals surface area contributed by atoms with Crippen molar-refractivity contribution in [1.82, 2.24) is 10.3 Å². The van der Waals surface area contributed by atoms with Crippen molar-refractivity contribution >= 4 is 17.7 Å². The summed E-state index contributed by atoms with van der Waals surface area (Å²) in [4.78, 5) is 14.7. The lowest BCUT2D eigenvalue weighted by atomic mass is 10.1. The second-order valence-corrected chi connectivity index (χ2v) is 5.59. The first kappa shape index (κ1) is 18.1. The fourth-order valence-electron chi connectivity index (χ4n) is 1.33. The lowest BCUT2D eigenvalue weighted by Crippen LogP contribution is -2.32. The van der Waals surface area contributed by atoms with Crippen LogP contribution in [-0.4, -0.2) is 23.2 Å². The zero-order chi connectivity index (χ0) is 17.0. The van der Waals surface area contributed by atoms with E-state index in [1.165, 1.54) is 0 Å². The van der Waals surface area contributed by atoms with Gasteiger partial charge in [0.05, 0.1) is 12.1 Å². The molecule has 0 unspecified atom stereocenters. The average Bonchev–Trinajstić information content (AvgIpc) is 2.31. The number of hydrogen-bond donors (Lipinski definition) is 1. The van der Waals surface area contributed by atoms with Gasteiger partial charge < -0.3 is 10.1 Å². The minimum absolute atomic E-state index is 0.0996. The standard InChI is InChI=1S/C14H14ClF3N2O2/c1-13(2,3)22-12(21)19-6-4-5-9-7-11(15)20-8-10(9)14(16,17)18/h7-8H,6H2,1-3H3,(H,19,21). The highest BCUT2D eigenvalue weighted by molar-refractivity contribution is 6.29. The molecule has 0 saturated heterocycles. The number of nitrogens with zero attached hydrogens (tertiary/aromatic N) is 1. The van der Waals surface area contributed by atoms with Crippen LogP contribution in [0.3, 0.4) is 0 Å². The van der Waals surface area contributed by atoms with Gasteiger partial charge in [-0.3, -0.25) is 0 Å². The number of rotatable bonds is 1. The van der Waals surface area contributed by atoms with Crippen molar-refractivity contribution in [3.8, 4) is 11.8 Å². The molecule has 1 heterocycles. The smallest absolute Gasteiger partial charge is 0.419 e. The summed E-state index contributed by atoms with van der Waals surface area (Å²) >= 11 is 5.57. The highest BCUT2D eigenvalue weighted by Crippen LogP contribution is 2.31. The Morgan fingerprint density at radius 2 is 2.05 bits per heavy atom. The van der Waals surface area contributed by atoms with Gasteiger partial charge in [0.1, 0.15) is 10.8 Å². The Morgan fingerprint density at radius 1 is 1.41 bits per heavy atom. The molecule has 1 rings (SSSR count). The van der Waals surface area contributed by atoms with Crippen LogP contribution in [-0.2, 0) is 10.9 Å². The van der Waals surface area contributed by atoms with Gasteiger partial charge in [-0.2, -0.15) is 13.2 Å². The maximum Gasteiger partial charge on any atom is 0.419 e. The quantitative estimate of drug-likeness (QED) is 0.630. The van der Waals surface area contributed by atoms with Crippen LogP contribution in [0.25, 0.3) is 0 Å². The van der Waals surface area contributed by atoms with Crippen LogP contribution < -0.4 is 5.32 Å². The topological polar surface area (TPSA) is 51.2 Å². The molecule has 22 heavy (non-hydrogen) atoms. The van der Waals surface area contributed by atoms with Crippen LogP contribution in [0.4, 0.5) is 18.0 Å². The summed E-state index contributed by atoms with van der Waals surface area (Å²) in [5.41, 5.74) is -1.96. The Kier molecular flexibility index (Phi) is 5.66. The summed E-state index contributed by atoms with van der Waals surface area (Å²) in [6, 6.07) is 1.02. The monoisotopic (exact) mass is 334 g/mol. The molecule has 0 spiro atoms. The number of amides is 1. The average molecular weight is 335 g/mol. The third kappa shape index (κ3) is 6.22. The van der Waals surface area contributed by atoms with E-state index in [2.05, 4.69) is 22.1 Å². The summed E-state index contributed by atoms with van der Waals surface area (Å²) in [6.45, 7) is 4.90. The Morgan fingerprint density at radius 3 is 2.59 bits per heavy atom. The molecule has 120 valence electrons. The predicted octanol–water partition coefficient (Wildman–Crippen LogP) is 3.63. The van der Waals surface area contributed by atoms with Gasteiger partial charge in [0.2, 0.25) is 0 Å². The van der Waals surface area contributed by atoms with E-state index in [-0.39, 0.29) is 17.3 Å². The van der Waals surface area contributed by atoms with Gasteiger partial charge in [-0.1, -0.05) is 23.4 Å². The molecule has 0 radical (unpaired) electrons. The van der Waals surface area contributed by atoms with Crippen molar-refractivity contribution in [2.45, 2.75) is 32.5 Å². The van der Waals surface area contributed by atoms with E-state index in [9.17, 15) is 18.0 Å². The third-order valence-electron chi connectivity index (χ3n) is 2.12. The van der Waals surface area contributed by atoms with E-state index in [4.69, 9.17) is 16.3 Å². The van der Waals surface area contributed by atoms with Crippen molar-refractivity contribution in [3.63, 3.8) is 0 Å². The van der Waals surface area contributed by atoms with Crippen molar-refractivity contribution in [3.05, 3.63) is 28.5 Å². The lowest BCUT2D eigenvalue weighted by Gasteiger charge is -2.19. The molecule has 1 aromatic rings. The molecule has 4 nitrogen and oxygen atoms in total. The van der Waals surface area contributed by atoms with Crippen LogP contribution >= 0.6 is 11.6 Å². The number of halogens is 4. The number of carbonyl (C=O) groups excluding carboxylic acids is 1. The van der Waals surface area contributed by atoms with E-state index in [1.54, 1.807) is 20.8 Å². The van der Waals surface area contributed by atoms with Crippen LogP contribution in [0.1, 0.15) is 31.9 Å². The summed E-state index contributed by atoms with van der Waals surface area (Å²) in [5, 5.41) is 2.22. The van der Waals surface area contributed by atoms with Gasteiger partial charge in [-0.15, -0.1) is 0 Å². The van der Waals surface area contributed by atoms with Crippen molar-refractivity contribution in [2.75, 3.05) is 6.54 Å². The van der Waals surface area contributed by atoms with Gasteiger partial charge in [0.25, 0.3) is 0 Å². The summed E-state index contributed by atoms with van der Waals surface area (Å²) in [5.74, 6) is 4.72. The Balaban J connectivity index is 2.77. The predicted molar refractivity (Wildman–Crippen MR) is 75.4 cm³/mol. The highest BCUT2D eigenvalue weighted by atomic mass is 35.5. The molecule has 0 atom stereocenters. The molecule has 1 N–H and O–H groups in total. The van der Waals surface area contributed by atoms with E-state index < -0.39 is 23.4 Å². The second-order valence-electron chi connectivity index (χ2n) is 5.21. The molecule has 1 aromatic heterocycles. The van der Waals surface area contributed by atoms with Crippen LogP contribution in [0.5, 0.6) is 0 Å². The molecule has 0 bridgehead atoms. The lowest BCUT2D eigenvalue weighted by molar-refractivity contribution is -0.138. The van der Waals surface area contributed by atoms with Crippen molar-refractivity contribution in [2.24, 2.45) is 0 Å². The van der Waals surface area contributed by atoms with E-state index in [0.29, 0.717) is 6.20 Å². The Bertz CT molecular complexity index is 613. The molecule has 0 fully saturated rings. The summed E-state index contributed by atoms with van der Waals surface area (Å²) in [7, 11) is 0. The number of nitrogens with one attached hydrogen (secondary N) is 1. The first-order valence-electron chi connectivity index (χ1n) is 6.17. The maximum absolute atomic E-state index is 12.8. The molecule has 8 heteroatoms. The zero-order valence-corrected chi connectivity index (χ0v) is 12.9. The number of alkyl carbamates (subject to hydrolysis) is 1. The molecule has 0 aromatic carbocycles. The fraction of sp³-hybridized carbons (Fsp3) is 0.429. The highest BCUT2D eigenvalue weighted by Gasteiger charge is 2.33. The van der Waals surface area contributed by atoms with Crippen LogP contribution in [0.2, 0.25) is 5.15 Å². The largest absolute Gasteiger partial charge is 0.444 e. The van der Waals surface area contributed by atoms with Crippen LogP contribution in [0.15, 0.2) is 12.3 Å². The zero-order valence-electron chi connectivity index (χ0n) is 12.1. The molecule has 0 aliphatic rings. The fourth-order valence-corrected chi connectivity index (χ4v) is 1.49. The Hall–Kier alpha value is -1.94. The number of hydrogen-bond acceptors (Lipinski definition) is 3. The number of aromatic nitrogens is 1. The number of ether oxygens (including phenoxy) is 1. The maximum atomic E-state index is 12.8. The van der Waals surface area contributed by atoms with E-state index >= 15 is 0 Å². The van der Waals surface area contributed by atoms with Crippen LogP contribution in [0, 0.1) is 11.8 Å².